The quantitative estimate of drug-likeness (QED) is 0.341. The van der Waals surface area contributed by atoms with Crippen LogP contribution in [0.4, 0.5) is 9.59 Å². The molecule has 0 aliphatic carbocycles. The van der Waals surface area contributed by atoms with Gasteiger partial charge in [0.25, 0.3) is 0 Å². The molecule has 10 heteroatoms. The number of nitrogens with one attached hydrogen (secondary N) is 2. The van der Waals surface area contributed by atoms with Gasteiger partial charge in [-0.1, -0.05) is 73.5 Å². The number of benzene rings is 2. The van der Waals surface area contributed by atoms with E-state index in [1.807, 2.05) is 60.7 Å². The molecule has 226 valence electrons. The van der Waals surface area contributed by atoms with E-state index < -0.39 is 24.3 Å². The molecule has 0 radical (unpaired) electrons. The Balaban J connectivity index is 1.05. The number of hydrogen-bond acceptors (Lipinski definition) is 6. The zero-order chi connectivity index (χ0) is 29.6. The SMILES string of the molecule is O=C(NCCCCCCNC(=O)C1CCCN1C(=O)OCc1ccccc1)C1CCCN1C(=O)OCc1ccccc1. The fourth-order valence-corrected chi connectivity index (χ4v) is 5.38. The van der Waals surface area contributed by atoms with Gasteiger partial charge in [-0.25, -0.2) is 9.59 Å². The predicted octanol–water partition coefficient (Wildman–Crippen LogP) is 4.38. The molecule has 2 aromatic carbocycles. The van der Waals surface area contributed by atoms with E-state index in [0.717, 1.165) is 49.7 Å². The molecule has 0 bridgehead atoms. The highest BCUT2D eigenvalue weighted by Gasteiger charge is 2.36. The monoisotopic (exact) mass is 578 g/mol. The minimum Gasteiger partial charge on any atom is -0.445 e. The normalized spacial score (nSPS) is 18.0. The van der Waals surface area contributed by atoms with Crippen molar-refractivity contribution in [1.82, 2.24) is 20.4 Å². The summed E-state index contributed by atoms with van der Waals surface area (Å²) >= 11 is 0. The predicted molar refractivity (Wildman–Crippen MR) is 157 cm³/mol. The third kappa shape index (κ3) is 9.22. The second-order valence-corrected chi connectivity index (χ2v) is 10.8. The zero-order valence-corrected chi connectivity index (χ0v) is 24.2. The van der Waals surface area contributed by atoms with Crippen molar-refractivity contribution in [3.05, 3.63) is 71.8 Å². The van der Waals surface area contributed by atoms with Crippen LogP contribution in [0.15, 0.2) is 60.7 Å². The van der Waals surface area contributed by atoms with Gasteiger partial charge in [-0.15, -0.1) is 0 Å². The van der Waals surface area contributed by atoms with Gasteiger partial charge in [0.05, 0.1) is 0 Å². The van der Waals surface area contributed by atoms with Gasteiger partial charge in [-0.2, -0.15) is 0 Å². The van der Waals surface area contributed by atoms with Crippen LogP contribution in [0.3, 0.4) is 0 Å². The molecule has 42 heavy (non-hydrogen) atoms. The number of likely N-dealkylation sites (tertiary alicyclic amines) is 2. The van der Waals surface area contributed by atoms with Crippen LogP contribution in [0.25, 0.3) is 0 Å². The number of rotatable bonds is 13. The molecular weight excluding hydrogens is 536 g/mol. The molecule has 2 heterocycles. The van der Waals surface area contributed by atoms with E-state index in [0.29, 0.717) is 39.0 Å². The number of carbonyl (C=O) groups is 4. The van der Waals surface area contributed by atoms with Crippen LogP contribution >= 0.6 is 0 Å². The minimum absolute atomic E-state index is 0.139. The van der Waals surface area contributed by atoms with E-state index >= 15 is 0 Å². The highest BCUT2D eigenvalue weighted by molar-refractivity contribution is 5.86. The number of carbonyl (C=O) groups excluding carboxylic acids is 4. The van der Waals surface area contributed by atoms with Crippen LogP contribution in [0, 0.1) is 0 Å². The van der Waals surface area contributed by atoms with Gasteiger partial charge in [0, 0.05) is 26.2 Å². The summed E-state index contributed by atoms with van der Waals surface area (Å²) in [6, 6.07) is 18.0. The van der Waals surface area contributed by atoms with Gasteiger partial charge in [0.2, 0.25) is 11.8 Å². The van der Waals surface area contributed by atoms with Crippen LogP contribution in [0.5, 0.6) is 0 Å². The average molecular weight is 579 g/mol. The first-order chi connectivity index (χ1) is 20.5. The number of ether oxygens (including phenoxy) is 2. The maximum atomic E-state index is 12.7. The van der Waals surface area contributed by atoms with Gasteiger partial charge in [-0.05, 0) is 49.7 Å². The molecule has 2 aliphatic heterocycles. The summed E-state index contributed by atoms with van der Waals surface area (Å²) in [6.45, 7) is 2.49. The van der Waals surface area contributed by atoms with Crippen LogP contribution in [0.2, 0.25) is 0 Å². The maximum Gasteiger partial charge on any atom is 0.410 e. The third-order valence-corrected chi connectivity index (χ3v) is 7.69. The van der Waals surface area contributed by atoms with Crippen LogP contribution in [-0.2, 0) is 32.3 Å². The Hall–Kier alpha value is -4.08. The molecule has 2 N–H and O–H groups in total. The lowest BCUT2D eigenvalue weighted by Crippen LogP contribution is -2.46. The average Bonchev–Trinajstić information content (AvgIpc) is 3.72. The lowest BCUT2D eigenvalue weighted by Gasteiger charge is -2.23. The Morgan fingerprint density at radius 3 is 1.43 bits per heavy atom. The van der Waals surface area contributed by atoms with E-state index in [9.17, 15) is 19.2 Å². The molecule has 0 spiro atoms. The van der Waals surface area contributed by atoms with Gasteiger partial charge >= 0.3 is 12.2 Å². The molecular formula is C32H42N4O6. The number of amides is 4. The lowest BCUT2D eigenvalue weighted by atomic mass is 10.1. The van der Waals surface area contributed by atoms with E-state index in [1.165, 1.54) is 9.80 Å². The maximum absolute atomic E-state index is 12.7. The number of nitrogens with zero attached hydrogens (tertiary/aromatic N) is 2. The van der Waals surface area contributed by atoms with Crippen molar-refractivity contribution in [3.63, 3.8) is 0 Å². The van der Waals surface area contributed by atoms with Crippen molar-refractivity contribution >= 4 is 24.0 Å². The van der Waals surface area contributed by atoms with Crippen molar-refractivity contribution in [1.29, 1.82) is 0 Å². The molecule has 4 amide bonds. The summed E-state index contributed by atoms with van der Waals surface area (Å²) in [5, 5.41) is 5.92. The standard InChI is InChI=1S/C32H42N4O6/c37-29(27-17-11-21-35(27)31(39)41-23-25-13-5-3-6-14-25)33-19-9-1-2-10-20-34-30(38)28-18-12-22-36(28)32(40)42-24-26-15-7-4-8-16-26/h3-8,13-16,27-28H,1-2,9-12,17-24H2,(H,33,37)(H,34,38). The Morgan fingerprint density at radius 1 is 0.619 bits per heavy atom. The molecule has 2 unspecified atom stereocenters. The zero-order valence-electron chi connectivity index (χ0n) is 24.2. The summed E-state index contributed by atoms with van der Waals surface area (Å²) in [4.78, 5) is 53.6. The van der Waals surface area contributed by atoms with Crippen molar-refractivity contribution in [3.8, 4) is 0 Å². The van der Waals surface area contributed by atoms with E-state index in [-0.39, 0.29) is 25.0 Å². The largest absolute Gasteiger partial charge is 0.445 e. The Bertz CT molecular complexity index is 1070. The Labute approximate surface area is 247 Å². The third-order valence-electron chi connectivity index (χ3n) is 7.69. The molecule has 0 saturated carbocycles. The van der Waals surface area contributed by atoms with Crippen LogP contribution in [0.1, 0.15) is 62.5 Å². The van der Waals surface area contributed by atoms with Gasteiger partial charge in [-0.3, -0.25) is 19.4 Å². The summed E-state index contributed by atoms with van der Waals surface area (Å²) in [5.41, 5.74) is 1.82. The highest BCUT2D eigenvalue weighted by atomic mass is 16.6. The second kappa shape index (κ2) is 16.4. The van der Waals surface area contributed by atoms with Crippen molar-refractivity contribution in [2.45, 2.75) is 76.7 Å². The summed E-state index contributed by atoms with van der Waals surface area (Å²) in [5.74, 6) is -0.278. The smallest absolute Gasteiger partial charge is 0.410 e. The molecule has 2 aliphatic rings. The Kier molecular flexibility index (Phi) is 12.0. The second-order valence-electron chi connectivity index (χ2n) is 10.8. The first-order valence-corrected chi connectivity index (χ1v) is 15.0. The molecule has 2 saturated heterocycles. The fourth-order valence-electron chi connectivity index (χ4n) is 5.38. The topological polar surface area (TPSA) is 117 Å². The lowest BCUT2D eigenvalue weighted by molar-refractivity contribution is -0.125. The molecule has 2 aromatic rings. The first kappa shape index (κ1) is 30.9. The van der Waals surface area contributed by atoms with Gasteiger partial charge < -0.3 is 20.1 Å². The molecule has 2 fully saturated rings. The Morgan fingerprint density at radius 2 is 1.02 bits per heavy atom. The molecule has 2 atom stereocenters. The van der Waals surface area contributed by atoms with Crippen molar-refractivity contribution < 1.29 is 28.7 Å². The van der Waals surface area contributed by atoms with E-state index in [4.69, 9.17) is 9.47 Å². The summed E-state index contributed by atoms with van der Waals surface area (Å²) in [7, 11) is 0. The molecule has 10 nitrogen and oxygen atoms in total. The van der Waals surface area contributed by atoms with Crippen LogP contribution < -0.4 is 10.6 Å². The summed E-state index contributed by atoms with van der Waals surface area (Å²) < 4.78 is 10.8. The minimum atomic E-state index is -0.491. The highest BCUT2D eigenvalue weighted by Crippen LogP contribution is 2.20. The molecule has 0 aromatic heterocycles. The first-order valence-electron chi connectivity index (χ1n) is 15.0. The van der Waals surface area contributed by atoms with E-state index in [2.05, 4.69) is 10.6 Å². The van der Waals surface area contributed by atoms with Crippen LogP contribution in [-0.4, -0.2) is 72.1 Å². The van der Waals surface area contributed by atoms with Gasteiger partial charge in [0.1, 0.15) is 25.3 Å². The molecule has 4 rings (SSSR count). The number of hydrogen-bond donors (Lipinski definition) is 2. The van der Waals surface area contributed by atoms with Gasteiger partial charge in [0.15, 0.2) is 0 Å². The summed E-state index contributed by atoms with van der Waals surface area (Å²) in [6.07, 6.45) is 5.35. The number of unbranched alkanes of at least 4 members (excludes halogenated alkanes) is 3. The van der Waals surface area contributed by atoms with Crippen molar-refractivity contribution in [2.24, 2.45) is 0 Å². The fraction of sp³-hybridized carbons (Fsp3) is 0.500. The van der Waals surface area contributed by atoms with E-state index in [1.54, 1.807) is 0 Å². The van der Waals surface area contributed by atoms with Crippen molar-refractivity contribution in [2.75, 3.05) is 26.2 Å².